The van der Waals surface area contributed by atoms with E-state index in [2.05, 4.69) is 20.7 Å². The van der Waals surface area contributed by atoms with Gasteiger partial charge < -0.3 is 19.8 Å². The Kier molecular flexibility index (Phi) is 5.75. The summed E-state index contributed by atoms with van der Waals surface area (Å²) in [5.41, 5.74) is 3.08. The Hall–Kier alpha value is -4.07. The van der Waals surface area contributed by atoms with Gasteiger partial charge in [-0.05, 0) is 42.5 Å². The highest BCUT2D eigenvalue weighted by Crippen LogP contribution is 2.22. The number of anilines is 1. The third-order valence-corrected chi connectivity index (χ3v) is 4.46. The fraction of sp³-hybridized carbons (Fsp3) is 0.136. The van der Waals surface area contributed by atoms with E-state index < -0.39 is 0 Å². The molecular weight excluding hydrogens is 382 g/mol. The molecule has 0 fully saturated rings. The van der Waals surface area contributed by atoms with E-state index in [1.165, 1.54) is 0 Å². The summed E-state index contributed by atoms with van der Waals surface area (Å²) in [5.74, 6) is 1.31. The fourth-order valence-corrected chi connectivity index (χ4v) is 2.95. The van der Waals surface area contributed by atoms with Crippen molar-refractivity contribution >= 4 is 11.7 Å². The maximum absolute atomic E-state index is 12.3. The number of benzene rings is 2. The summed E-state index contributed by atoms with van der Waals surface area (Å²) in [6, 6.07) is 16.5. The zero-order valence-corrected chi connectivity index (χ0v) is 16.4. The molecule has 0 atom stereocenters. The van der Waals surface area contributed by atoms with Crippen molar-refractivity contribution in [3.05, 3.63) is 78.9 Å². The van der Waals surface area contributed by atoms with Crippen LogP contribution in [0.3, 0.4) is 0 Å². The number of carbonyl (C=O) groups excluding carboxylic acids is 1. The van der Waals surface area contributed by atoms with Crippen LogP contribution in [-0.2, 0) is 6.42 Å². The van der Waals surface area contributed by atoms with Crippen molar-refractivity contribution in [3.8, 4) is 22.9 Å². The topological polar surface area (TPSA) is 94.2 Å². The minimum absolute atomic E-state index is 0.298. The van der Waals surface area contributed by atoms with Crippen molar-refractivity contribution in [1.82, 2.24) is 20.1 Å². The number of aromatic nitrogens is 3. The van der Waals surface area contributed by atoms with Gasteiger partial charge in [-0.1, -0.05) is 12.1 Å². The van der Waals surface area contributed by atoms with Crippen LogP contribution in [0.5, 0.6) is 5.75 Å². The Morgan fingerprint density at radius 2 is 1.97 bits per heavy atom. The Bertz CT molecular complexity index is 1100. The molecule has 2 heterocycles. The van der Waals surface area contributed by atoms with Crippen LogP contribution in [0.4, 0.5) is 10.5 Å². The molecule has 152 valence electrons. The van der Waals surface area contributed by atoms with E-state index in [0.717, 1.165) is 22.7 Å². The zero-order chi connectivity index (χ0) is 20.8. The number of ether oxygens (including phenoxy) is 1. The summed E-state index contributed by atoms with van der Waals surface area (Å²) in [7, 11) is 1.62. The third kappa shape index (κ3) is 4.49. The smallest absolute Gasteiger partial charge is 0.319 e. The molecule has 0 aliphatic rings. The van der Waals surface area contributed by atoms with Gasteiger partial charge in [0, 0.05) is 30.9 Å². The van der Waals surface area contributed by atoms with E-state index in [1.807, 2.05) is 60.8 Å². The molecule has 2 amide bonds. The number of carbonyl (C=O) groups is 1. The standard InChI is InChI=1S/C22H21N5O3/c1-29-18-9-7-16(8-10-18)21-25-17(15-30-21)11-13-23-22(28)26-19-5-2-3-6-20(19)27-14-4-12-24-27/h2-10,12,14-15H,11,13H2,1H3,(H2,23,26,28). The SMILES string of the molecule is COc1ccc(-c2nc(CCNC(=O)Nc3ccccc3-n3cccn3)co2)cc1. The lowest BCUT2D eigenvalue weighted by Gasteiger charge is -2.11. The predicted octanol–water partition coefficient (Wildman–Crippen LogP) is 3.90. The highest BCUT2D eigenvalue weighted by atomic mass is 16.5. The van der Waals surface area contributed by atoms with E-state index in [-0.39, 0.29) is 6.03 Å². The molecule has 0 radical (unpaired) electrons. The quantitative estimate of drug-likeness (QED) is 0.488. The first-order valence-corrected chi connectivity index (χ1v) is 9.45. The fourth-order valence-electron chi connectivity index (χ4n) is 2.95. The first-order chi connectivity index (χ1) is 14.7. The summed E-state index contributed by atoms with van der Waals surface area (Å²) in [4.78, 5) is 16.8. The highest BCUT2D eigenvalue weighted by Gasteiger charge is 2.10. The summed E-state index contributed by atoms with van der Waals surface area (Å²) in [6.07, 6.45) is 5.67. The van der Waals surface area contributed by atoms with Gasteiger partial charge >= 0.3 is 6.03 Å². The first-order valence-electron chi connectivity index (χ1n) is 9.45. The van der Waals surface area contributed by atoms with Crippen LogP contribution in [0.25, 0.3) is 17.1 Å². The van der Waals surface area contributed by atoms with Crippen LogP contribution in [0.15, 0.2) is 77.7 Å². The first kappa shape index (κ1) is 19.3. The second-order valence-corrected chi connectivity index (χ2v) is 6.47. The molecule has 8 heteroatoms. The number of methoxy groups -OCH3 is 1. The van der Waals surface area contributed by atoms with E-state index in [1.54, 1.807) is 24.3 Å². The number of para-hydroxylation sites is 2. The highest BCUT2D eigenvalue weighted by molar-refractivity contribution is 5.91. The maximum Gasteiger partial charge on any atom is 0.319 e. The largest absolute Gasteiger partial charge is 0.497 e. The number of nitrogens with one attached hydrogen (secondary N) is 2. The summed E-state index contributed by atoms with van der Waals surface area (Å²) in [6.45, 7) is 0.421. The maximum atomic E-state index is 12.3. The summed E-state index contributed by atoms with van der Waals surface area (Å²) < 4.78 is 12.4. The Morgan fingerprint density at radius 3 is 2.73 bits per heavy atom. The van der Waals surface area contributed by atoms with Crippen molar-refractivity contribution in [2.75, 3.05) is 19.0 Å². The lowest BCUT2D eigenvalue weighted by molar-refractivity contribution is 0.252. The molecule has 0 bridgehead atoms. The van der Waals surface area contributed by atoms with Gasteiger partial charge in [0.25, 0.3) is 0 Å². The molecule has 0 saturated heterocycles. The number of oxazole rings is 1. The Morgan fingerprint density at radius 1 is 1.13 bits per heavy atom. The average Bonchev–Trinajstić information content (AvgIpc) is 3.47. The zero-order valence-electron chi connectivity index (χ0n) is 16.4. The molecular formula is C22H21N5O3. The number of nitrogens with zero attached hydrogens (tertiary/aromatic N) is 3. The molecule has 0 spiro atoms. The molecule has 0 aliphatic carbocycles. The van der Waals surface area contributed by atoms with Crippen molar-refractivity contribution in [2.45, 2.75) is 6.42 Å². The molecule has 0 saturated carbocycles. The number of amides is 2. The molecule has 0 unspecified atom stereocenters. The molecule has 4 rings (SSSR count). The van der Waals surface area contributed by atoms with Gasteiger partial charge in [-0.2, -0.15) is 5.10 Å². The van der Waals surface area contributed by atoms with E-state index >= 15 is 0 Å². The number of urea groups is 1. The molecule has 2 N–H and O–H groups in total. The second kappa shape index (κ2) is 8.95. The van der Waals surface area contributed by atoms with Crippen LogP contribution in [0.2, 0.25) is 0 Å². The minimum Gasteiger partial charge on any atom is -0.497 e. The van der Waals surface area contributed by atoms with Gasteiger partial charge in [-0.15, -0.1) is 0 Å². The van der Waals surface area contributed by atoms with Gasteiger partial charge in [0.05, 0.1) is 24.2 Å². The summed E-state index contributed by atoms with van der Waals surface area (Å²) in [5, 5.41) is 9.91. The Balaban J connectivity index is 1.31. The summed E-state index contributed by atoms with van der Waals surface area (Å²) >= 11 is 0. The average molecular weight is 403 g/mol. The van der Waals surface area contributed by atoms with Gasteiger partial charge in [0.2, 0.25) is 5.89 Å². The predicted molar refractivity (Wildman–Crippen MR) is 113 cm³/mol. The van der Waals surface area contributed by atoms with Crippen molar-refractivity contribution in [2.24, 2.45) is 0 Å². The normalized spacial score (nSPS) is 10.6. The molecule has 2 aromatic carbocycles. The van der Waals surface area contributed by atoms with Crippen LogP contribution >= 0.6 is 0 Å². The van der Waals surface area contributed by atoms with Crippen LogP contribution < -0.4 is 15.4 Å². The molecule has 2 aromatic heterocycles. The lowest BCUT2D eigenvalue weighted by Crippen LogP contribution is -2.30. The number of rotatable bonds is 7. The van der Waals surface area contributed by atoms with Gasteiger partial charge in [-0.25, -0.2) is 14.5 Å². The molecule has 30 heavy (non-hydrogen) atoms. The van der Waals surface area contributed by atoms with Crippen molar-refractivity contribution in [3.63, 3.8) is 0 Å². The number of hydrogen-bond acceptors (Lipinski definition) is 5. The monoisotopic (exact) mass is 403 g/mol. The van der Waals surface area contributed by atoms with Crippen molar-refractivity contribution < 1.29 is 13.9 Å². The van der Waals surface area contributed by atoms with Crippen LogP contribution in [-0.4, -0.2) is 34.5 Å². The molecule has 4 aromatic rings. The molecule has 0 aliphatic heterocycles. The van der Waals surface area contributed by atoms with Gasteiger partial charge in [0.1, 0.15) is 12.0 Å². The molecule has 8 nitrogen and oxygen atoms in total. The minimum atomic E-state index is -0.298. The number of hydrogen-bond donors (Lipinski definition) is 2. The van der Waals surface area contributed by atoms with Gasteiger partial charge in [0.15, 0.2) is 0 Å². The van der Waals surface area contributed by atoms with E-state index in [4.69, 9.17) is 9.15 Å². The van der Waals surface area contributed by atoms with Gasteiger partial charge in [-0.3, -0.25) is 0 Å². The second-order valence-electron chi connectivity index (χ2n) is 6.47. The van der Waals surface area contributed by atoms with Crippen LogP contribution in [0.1, 0.15) is 5.69 Å². The lowest BCUT2D eigenvalue weighted by atomic mass is 10.2. The van der Waals surface area contributed by atoms with Crippen molar-refractivity contribution in [1.29, 1.82) is 0 Å². The van der Waals surface area contributed by atoms with E-state index in [9.17, 15) is 4.79 Å². The Labute approximate surface area is 173 Å². The van der Waals surface area contributed by atoms with E-state index in [0.29, 0.717) is 24.5 Å². The third-order valence-electron chi connectivity index (χ3n) is 4.46. The van der Waals surface area contributed by atoms with Crippen LogP contribution in [0, 0.1) is 0 Å².